The maximum absolute atomic E-state index is 12.7. The molecule has 1 aliphatic heterocycles. The average molecular weight is 274 g/mol. The Bertz CT molecular complexity index is 487. The molecular formula is C16H22N2O2. The third-order valence-corrected chi connectivity index (χ3v) is 4.11. The van der Waals surface area contributed by atoms with Gasteiger partial charge in [-0.1, -0.05) is 32.0 Å². The van der Waals surface area contributed by atoms with Crippen molar-refractivity contribution in [1.29, 1.82) is 0 Å². The molecule has 1 heterocycles. The third kappa shape index (κ3) is 2.69. The first-order valence-corrected chi connectivity index (χ1v) is 7.18. The van der Waals surface area contributed by atoms with Crippen LogP contribution in [-0.2, 0) is 4.79 Å². The molecule has 0 spiro atoms. The molecule has 0 aliphatic carbocycles. The van der Waals surface area contributed by atoms with Crippen molar-refractivity contribution in [2.75, 3.05) is 13.6 Å². The van der Waals surface area contributed by atoms with Crippen molar-refractivity contribution in [3.63, 3.8) is 0 Å². The Hall–Kier alpha value is -1.84. The Balaban J connectivity index is 2.28. The van der Waals surface area contributed by atoms with E-state index in [0.29, 0.717) is 18.5 Å². The summed E-state index contributed by atoms with van der Waals surface area (Å²) in [6.07, 6.45) is 1.19. The molecule has 0 bridgehead atoms. The van der Waals surface area contributed by atoms with E-state index in [-0.39, 0.29) is 23.9 Å². The van der Waals surface area contributed by atoms with Gasteiger partial charge in [-0.3, -0.25) is 9.59 Å². The van der Waals surface area contributed by atoms with Gasteiger partial charge in [-0.15, -0.1) is 0 Å². The molecule has 1 aromatic carbocycles. The molecule has 1 unspecified atom stereocenters. The van der Waals surface area contributed by atoms with E-state index < -0.39 is 0 Å². The number of hydrogen-bond acceptors (Lipinski definition) is 2. The summed E-state index contributed by atoms with van der Waals surface area (Å²) >= 11 is 0. The Morgan fingerprint density at radius 3 is 2.60 bits per heavy atom. The smallest absolute Gasteiger partial charge is 0.255 e. The Morgan fingerprint density at radius 1 is 1.35 bits per heavy atom. The Kier molecular flexibility index (Phi) is 4.42. The fourth-order valence-corrected chi connectivity index (χ4v) is 2.75. The molecular weight excluding hydrogens is 252 g/mol. The quantitative estimate of drug-likeness (QED) is 0.849. The first-order valence-electron chi connectivity index (χ1n) is 7.18. The van der Waals surface area contributed by atoms with Gasteiger partial charge < -0.3 is 9.80 Å². The Labute approximate surface area is 120 Å². The molecule has 108 valence electrons. The molecule has 4 heteroatoms. The number of carbonyl (C=O) groups is 2. The summed E-state index contributed by atoms with van der Waals surface area (Å²) in [5.74, 6) is 0.388. The van der Waals surface area contributed by atoms with Gasteiger partial charge in [-0.25, -0.2) is 0 Å². The predicted octanol–water partition coefficient (Wildman–Crippen LogP) is 2.36. The summed E-state index contributed by atoms with van der Waals surface area (Å²) in [6.45, 7) is 4.68. The van der Waals surface area contributed by atoms with Gasteiger partial charge in [0.1, 0.15) is 6.17 Å². The number of amides is 2. The third-order valence-electron chi connectivity index (χ3n) is 4.11. The van der Waals surface area contributed by atoms with Crippen LogP contribution in [0.5, 0.6) is 0 Å². The standard InChI is InChI=1S/C16H22N2O2/c1-4-12(2)15-17(3)14(19)10-11-18(15)16(20)13-8-6-5-7-9-13/h5-9,12,15H,4,10-11H2,1-3H3/t12?,15-/m0/s1. The minimum absolute atomic E-state index is 0.00949. The summed E-state index contributed by atoms with van der Waals surface area (Å²) in [7, 11) is 1.80. The lowest BCUT2D eigenvalue weighted by Crippen LogP contribution is -2.59. The van der Waals surface area contributed by atoms with Crippen LogP contribution in [0.3, 0.4) is 0 Å². The second kappa shape index (κ2) is 6.07. The minimum Gasteiger partial charge on any atom is -0.325 e. The van der Waals surface area contributed by atoms with E-state index in [1.165, 1.54) is 0 Å². The number of carbonyl (C=O) groups excluding carboxylic acids is 2. The molecule has 1 aliphatic rings. The normalized spacial score (nSPS) is 20.9. The molecule has 20 heavy (non-hydrogen) atoms. The topological polar surface area (TPSA) is 40.6 Å². The van der Waals surface area contributed by atoms with Gasteiger partial charge in [0.25, 0.3) is 5.91 Å². The number of benzene rings is 1. The maximum Gasteiger partial charge on any atom is 0.255 e. The highest BCUT2D eigenvalue weighted by Crippen LogP contribution is 2.24. The molecule has 0 radical (unpaired) electrons. The molecule has 1 aromatic rings. The van der Waals surface area contributed by atoms with Crippen molar-refractivity contribution in [1.82, 2.24) is 9.80 Å². The van der Waals surface area contributed by atoms with Crippen molar-refractivity contribution in [2.45, 2.75) is 32.9 Å². The van der Waals surface area contributed by atoms with Crippen LogP contribution in [0.25, 0.3) is 0 Å². The summed E-state index contributed by atoms with van der Waals surface area (Å²) in [6, 6.07) is 9.28. The minimum atomic E-state index is -0.144. The molecule has 2 amide bonds. The van der Waals surface area contributed by atoms with Gasteiger partial charge in [0.2, 0.25) is 5.91 Å². The van der Waals surface area contributed by atoms with E-state index in [4.69, 9.17) is 0 Å². The molecule has 0 N–H and O–H groups in total. The monoisotopic (exact) mass is 274 g/mol. The lowest BCUT2D eigenvalue weighted by molar-refractivity contribution is -0.142. The summed E-state index contributed by atoms with van der Waals surface area (Å²) in [5.41, 5.74) is 0.684. The van der Waals surface area contributed by atoms with E-state index in [0.717, 1.165) is 6.42 Å². The van der Waals surface area contributed by atoms with Crippen molar-refractivity contribution in [2.24, 2.45) is 5.92 Å². The second-order valence-electron chi connectivity index (χ2n) is 5.42. The predicted molar refractivity (Wildman–Crippen MR) is 78.1 cm³/mol. The van der Waals surface area contributed by atoms with Gasteiger partial charge in [-0.2, -0.15) is 0 Å². The van der Waals surface area contributed by atoms with Gasteiger partial charge in [-0.05, 0) is 24.5 Å². The van der Waals surface area contributed by atoms with E-state index in [2.05, 4.69) is 13.8 Å². The molecule has 0 saturated carbocycles. The van der Waals surface area contributed by atoms with E-state index in [1.54, 1.807) is 11.9 Å². The summed E-state index contributed by atoms with van der Waals surface area (Å²) in [5, 5.41) is 0. The fourth-order valence-electron chi connectivity index (χ4n) is 2.75. The first-order chi connectivity index (χ1) is 9.56. The number of hydrogen-bond donors (Lipinski definition) is 0. The highest BCUT2D eigenvalue weighted by molar-refractivity contribution is 5.95. The molecule has 2 rings (SSSR count). The van der Waals surface area contributed by atoms with Crippen LogP contribution in [0.1, 0.15) is 37.0 Å². The van der Waals surface area contributed by atoms with Crippen LogP contribution in [-0.4, -0.2) is 41.4 Å². The fraction of sp³-hybridized carbons (Fsp3) is 0.500. The summed E-state index contributed by atoms with van der Waals surface area (Å²) in [4.78, 5) is 28.1. The van der Waals surface area contributed by atoms with Gasteiger partial charge in [0.15, 0.2) is 0 Å². The zero-order valence-electron chi connectivity index (χ0n) is 12.4. The van der Waals surface area contributed by atoms with Gasteiger partial charge in [0, 0.05) is 25.6 Å². The van der Waals surface area contributed by atoms with Crippen LogP contribution >= 0.6 is 0 Å². The van der Waals surface area contributed by atoms with E-state index in [1.807, 2.05) is 35.2 Å². The lowest BCUT2D eigenvalue weighted by atomic mass is 9.99. The van der Waals surface area contributed by atoms with Crippen LogP contribution in [0.15, 0.2) is 30.3 Å². The SMILES string of the molecule is CCC(C)[C@H]1N(C)C(=O)CCN1C(=O)c1ccccc1. The highest BCUT2D eigenvalue weighted by atomic mass is 16.2. The van der Waals surface area contributed by atoms with E-state index in [9.17, 15) is 9.59 Å². The molecule has 4 nitrogen and oxygen atoms in total. The molecule has 1 saturated heterocycles. The van der Waals surface area contributed by atoms with Crippen molar-refractivity contribution >= 4 is 11.8 Å². The van der Waals surface area contributed by atoms with Gasteiger partial charge in [0.05, 0.1) is 0 Å². The molecule has 0 aromatic heterocycles. The van der Waals surface area contributed by atoms with Gasteiger partial charge >= 0.3 is 0 Å². The largest absolute Gasteiger partial charge is 0.325 e. The summed E-state index contributed by atoms with van der Waals surface area (Å²) < 4.78 is 0. The molecule has 2 atom stereocenters. The van der Waals surface area contributed by atoms with Crippen molar-refractivity contribution in [3.8, 4) is 0 Å². The van der Waals surface area contributed by atoms with Crippen molar-refractivity contribution < 1.29 is 9.59 Å². The maximum atomic E-state index is 12.7. The molecule has 1 fully saturated rings. The highest BCUT2D eigenvalue weighted by Gasteiger charge is 2.37. The van der Waals surface area contributed by atoms with E-state index >= 15 is 0 Å². The zero-order valence-corrected chi connectivity index (χ0v) is 12.4. The first kappa shape index (κ1) is 14.6. The number of nitrogens with zero attached hydrogens (tertiary/aromatic N) is 2. The van der Waals surface area contributed by atoms with Crippen LogP contribution in [0.4, 0.5) is 0 Å². The Morgan fingerprint density at radius 2 is 2.00 bits per heavy atom. The van der Waals surface area contributed by atoms with Crippen LogP contribution in [0.2, 0.25) is 0 Å². The lowest BCUT2D eigenvalue weighted by Gasteiger charge is -2.44. The van der Waals surface area contributed by atoms with Crippen LogP contribution in [0, 0.1) is 5.92 Å². The number of rotatable bonds is 3. The second-order valence-corrected chi connectivity index (χ2v) is 5.42. The van der Waals surface area contributed by atoms with Crippen molar-refractivity contribution in [3.05, 3.63) is 35.9 Å². The van der Waals surface area contributed by atoms with Crippen LogP contribution < -0.4 is 0 Å². The zero-order chi connectivity index (χ0) is 14.7. The average Bonchev–Trinajstić information content (AvgIpc) is 2.49.